The molecule has 0 aliphatic carbocycles. The van der Waals surface area contributed by atoms with Gasteiger partial charge in [-0.3, -0.25) is 19.9 Å². The molecule has 4 aromatic rings. The number of nitrogens with zero attached hydrogens (tertiary/aromatic N) is 4. The Balaban J connectivity index is 1.12. The maximum absolute atomic E-state index is 14.0. The molecule has 1 saturated heterocycles. The van der Waals surface area contributed by atoms with Crippen LogP contribution in [0.4, 0.5) is 15.0 Å². The molecule has 2 aliphatic heterocycles. The van der Waals surface area contributed by atoms with Gasteiger partial charge in [0.2, 0.25) is 5.91 Å². The summed E-state index contributed by atoms with van der Waals surface area (Å²) in [5, 5.41) is 2.71. The summed E-state index contributed by atoms with van der Waals surface area (Å²) in [6.07, 6.45) is 1.93. The number of benzene rings is 3. The first-order valence-electron chi connectivity index (χ1n) is 13.4. The summed E-state index contributed by atoms with van der Waals surface area (Å²) >= 11 is 6.11. The number of amides is 3. The predicted octanol–water partition coefficient (Wildman–Crippen LogP) is 5.98. The van der Waals surface area contributed by atoms with Gasteiger partial charge in [-0.05, 0) is 53.9 Å². The van der Waals surface area contributed by atoms with E-state index in [-0.39, 0.29) is 30.8 Å². The van der Waals surface area contributed by atoms with Gasteiger partial charge in [0.1, 0.15) is 29.8 Å². The third kappa shape index (κ3) is 5.30. The fourth-order valence-corrected chi connectivity index (χ4v) is 5.68. The summed E-state index contributed by atoms with van der Waals surface area (Å²) in [7, 11) is 1.88. The molecule has 2 aliphatic rings. The molecular weight excluding hydrogens is 545 g/mol. The van der Waals surface area contributed by atoms with Crippen LogP contribution in [0.3, 0.4) is 0 Å². The summed E-state index contributed by atoms with van der Waals surface area (Å²) in [5.74, 6) is 1.41. The van der Waals surface area contributed by atoms with Crippen molar-refractivity contribution >= 4 is 29.4 Å². The van der Waals surface area contributed by atoms with E-state index in [9.17, 15) is 14.0 Å². The van der Waals surface area contributed by atoms with Gasteiger partial charge in [-0.25, -0.2) is 14.2 Å². The standard InChI is InChI=1S/C31H29ClFN5O3/c1-19-24-14-21(30-34-15-29(36(30)2)38-13-12-28(39)35-31(38)40)8-9-22(24)17-37(19)16-20-6-10-23(11-7-20)41-18-25-26(32)4-3-5-27(25)33/h3-11,14-15,19H,12-13,16-18H2,1-2H3,(H,35,39,40). The molecule has 0 radical (unpaired) electrons. The predicted molar refractivity (Wildman–Crippen MR) is 154 cm³/mol. The van der Waals surface area contributed by atoms with Crippen LogP contribution >= 0.6 is 11.6 Å². The van der Waals surface area contributed by atoms with Crippen LogP contribution in [0, 0.1) is 5.82 Å². The van der Waals surface area contributed by atoms with E-state index < -0.39 is 6.03 Å². The highest BCUT2D eigenvalue weighted by atomic mass is 35.5. The van der Waals surface area contributed by atoms with Gasteiger partial charge in [-0.15, -0.1) is 0 Å². The zero-order valence-electron chi connectivity index (χ0n) is 22.7. The molecule has 210 valence electrons. The van der Waals surface area contributed by atoms with Crippen LogP contribution in [-0.4, -0.2) is 32.9 Å². The second-order valence-electron chi connectivity index (χ2n) is 10.4. The zero-order valence-corrected chi connectivity index (χ0v) is 23.5. The quantitative estimate of drug-likeness (QED) is 0.294. The SMILES string of the molecule is CC1c2cc(-c3ncc(N4CCC(=O)NC4=O)n3C)ccc2CN1Cc1ccc(OCc2c(F)cccc2Cl)cc1. The topological polar surface area (TPSA) is 79.7 Å². The molecule has 6 rings (SSSR count). The number of carbonyl (C=O) groups is 2. The average molecular weight is 574 g/mol. The molecule has 1 atom stereocenters. The van der Waals surface area contributed by atoms with Crippen LogP contribution in [0.15, 0.2) is 66.9 Å². The van der Waals surface area contributed by atoms with E-state index in [0.29, 0.717) is 28.7 Å². The summed E-state index contributed by atoms with van der Waals surface area (Å²) in [6.45, 7) is 4.18. The Labute approximate surface area is 242 Å². The van der Waals surface area contributed by atoms with Crippen LogP contribution in [0.2, 0.25) is 5.02 Å². The van der Waals surface area contributed by atoms with Gasteiger partial charge in [0.25, 0.3) is 0 Å². The lowest BCUT2D eigenvalue weighted by atomic mass is 10.0. The zero-order chi connectivity index (χ0) is 28.7. The largest absolute Gasteiger partial charge is 0.489 e. The molecule has 1 N–H and O–H groups in total. The van der Waals surface area contributed by atoms with Crippen LogP contribution in [0.5, 0.6) is 5.75 Å². The number of nitrogens with one attached hydrogen (secondary N) is 1. The van der Waals surface area contributed by atoms with Crippen LogP contribution < -0.4 is 15.0 Å². The fourth-order valence-electron chi connectivity index (χ4n) is 5.47. The average Bonchev–Trinajstić information content (AvgIpc) is 3.48. The Hall–Kier alpha value is -4.21. The summed E-state index contributed by atoms with van der Waals surface area (Å²) < 4.78 is 21.7. The smallest absolute Gasteiger partial charge is 0.329 e. The maximum atomic E-state index is 14.0. The van der Waals surface area contributed by atoms with Gasteiger partial charge < -0.3 is 9.30 Å². The van der Waals surface area contributed by atoms with E-state index in [0.717, 1.165) is 30.0 Å². The molecule has 1 fully saturated rings. The number of ether oxygens (including phenoxy) is 1. The number of carbonyl (C=O) groups excluding carboxylic acids is 2. The van der Waals surface area contributed by atoms with Crippen LogP contribution in [0.25, 0.3) is 11.4 Å². The van der Waals surface area contributed by atoms with Gasteiger partial charge >= 0.3 is 6.03 Å². The van der Waals surface area contributed by atoms with Gasteiger partial charge in [0.05, 0.1) is 11.2 Å². The van der Waals surface area contributed by atoms with E-state index in [2.05, 4.69) is 40.3 Å². The Kier molecular flexibility index (Phi) is 7.23. The lowest BCUT2D eigenvalue weighted by molar-refractivity contribution is -0.120. The molecule has 0 bridgehead atoms. The van der Waals surface area contributed by atoms with Crippen molar-refractivity contribution in [1.82, 2.24) is 19.8 Å². The molecule has 10 heteroatoms. The lowest BCUT2D eigenvalue weighted by Gasteiger charge is -2.26. The summed E-state index contributed by atoms with van der Waals surface area (Å²) in [5.41, 5.74) is 4.97. The van der Waals surface area contributed by atoms with E-state index in [1.165, 1.54) is 17.2 Å². The van der Waals surface area contributed by atoms with Crippen molar-refractivity contribution < 1.29 is 18.7 Å². The second kappa shape index (κ2) is 11.0. The number of hydrogen-bond acceptors (Lipinski definition) is 5. The van der Waals surface area contributed by atoms with Crippen molar-refractivity contribution in [2.45, 2.75) is 39.1 Å². The van der Waals surface area contributed by atoms with Crippen molar-refractivity contribution in [3.63, 3.8) is 0 Å². The van der Waals surface area contributed by atoms with Crippen molar-refractivity contribution in [3.05, 3.63) is 100.0 Å². The minimum absolute atomic E-state index is 0.0635. The number of imide groups is 1. The van der Waals surface area contributed by atoms with Gasteiger partial charge in [0, 0.05) is 50.3 Å². The number of urea groups is 1. The minimum Gasteiger partial charge on any atom is -0.489 e. The molecule has 0 spiro atoms. The maximum Gasteiger partial charge on any atom is 0.329 e. The minimum atomic E-state index is -0.428. The van der Waals surface area contributed by atoms with Crippen molar-refractivity contribution in [1.29, 1.82) is 0 Å². The normalized spacial score (nSPS) is 17.1. The molecular formula is C31H29ClFN5O3. The number of imidazole rings is 1. The number of anilines is 1. The summed E-state index contributed by atoms with van der Waals surface area (Å²) in [4.78, 5) is 32.4. The first kappa shape index (κ1) is 27.0. The Bertz CT molecular complexity index is 1620. The molecule has 3 heterocycles. The van der Waals surface area contributed by atoms with Crippen LogP contribution in [-0.2, 0) is 31.5 Å². The lowest BCUT2D eigenvalue weighted by Crippen LogP contribution is -2.50. The number of aromatic nitrogens is 2. The highest BCUT2D eigenvalue weighted by Crippen LogP contribution is 2.37. The molecule has 1 unspecified atom stereocenters. The molecule has 3 amide bonds. The monoisotopic (exact) mass is 573 g/mol. The van der Waals surface area contributed by atoms with E-state index in [1.807, 2.05) is 35.9 Å². The van der Waals surface area contributed by atoms with Gasteiger partial charge in [0.15, 0.2) is 0 Å². The number of rotatable bonds is 7. The number of fused-ring (bicyclic) bond motifs is 1. The third-order valence-corrected chi connectivity index (χ3v) is 8.18. The van der Waals surface area contributed by atoms with E-state index >= 15 is 0 Å². The second-order valence-corrected chi connectivity index (χ2v) is 10.8. The molecule has 0 saturated carbocycles. The number of halogens is 2. The summed E-state index contributed by atoms with van der Waals surface area (Å²) in [6, 6.07) is 18.6. The molecule has 8 nitrogen and oxygen atoms in total. The Morgan fingerprint density at radius 2 is 1.93 bits per heavy atom. The van der Waals surface area contributed by atoms with Crippen LogP contribution in [0.1, 0.15) is 41.6 Å². The van der Waals surface area contributed by atoms with E-state index in [4.69, 9.17) is 16.3 Å². The first-order valence-corrected chi connectivity index (χ1v) is 13.8. The third-order valence-electron chi connectivity index (χ3n) is 7.82. The molecule has 41 heavy (non-hydrogen) atoms. The van der Waals surface area contributed by atoms with E-state index in [1.54, 1.807) is 23.2 Å². The Morgan fingerprint density at radius 1 is 1.12 bits per heavy atom. The first-order chi connectivity index (χ1) is 19.8. The van der Waals surface area contributed by atoms with Crippen molar-refractivity contribution in [3.8, 4) is 17.1 Å². The number of hydrogen-bond donors (Lipinski definition) is 1. The highest BCUT2D eigenvalue weighted by Gasteiger charge is 2.29. The molecule has 3 aromatic carbocycles. The fraction of sp³-hybridized carbons (Fsp3) is 0.258. The van der Waals surface area contributed by atoms with Gasteiger partial charge in [-0.1, -0.05) is 41.9 Å². The van der Waals surface area contributed by atoms with Crippen molar-refractivity contribution in [2.24, 2.45) is 7.05 Å². The Morgan fingerprint density at radius 3 is 2.68 bits per heavy atom. The van der Waals surface area contributed by atoms with Crippen molar-refractivity contribution in [2.75, 3.05) is 11.4 Å². The molecule has 1 aromatic heterocycles. The highest BCUT2D eigenvalue weighted by molar-refractivity contribution is 6.31. The van der Waals surface area contributed by atoms with Gasteiger partial charge in [-0.2, -0.15) is 0 Å².